The van der Waals surface area contributed by atoms with Gasteiger partial charge in [-0.05, 0) is 18.7 Å². The van der Waals surface area contributed by atoms with Gasteiger partial charge in [0.05, 0.1) is 18.1 Å². The Hall–Kier alpha value is -0.970. The van der Waals surface area contributed by atoms with Crippen molar-refractivity contribution < 1.29 is 4.74 Å². The highest BCUT2D eigenvalue weighted by Crippen LogP contribution is 2.20. The number of benzene rings is 1. The Balaban J connectivity index is 0.00000128. The maximum atomic E-state index is 5.53. The minimum absolute atomic E-state index is 0. The SMILES string of the molecule is COc1ccc2c(c1)nc(CCN)n2C.Cl.Cl. The van der Waals surface area contributed by atoms with Crippen molar-refractivity contribution in [1.29, 1.82) is 0 Å². The lowest BCUT2D eigenvalue weighted by Gasteiger charge is -2.00. The van der Waals surface area contributed by atoms with Gasteiger partial charge in [0.25, 0.3) is 0 Å². The van der Waals surface area contributed by atoms with Crippen molar-refractivity contribution in [3.8, 4) is 5.75 Å². The zero-order valence-corrected chi connectivity index (χ0v) is 11.5. The Labute approximate surface area is 113 Å². The van der Waals surface area contributed by atoms with Crippen molar-refractivity contribution >= 4 is 35.8 Å². The summed E-state index contributed by atoms with van der Waals surface area (Å²) in [4.78, 5) is 4.51. The van der Waals surface area contributed by atoms with Gasteiger partial charge in [-0.1, -0.05) is 0 Å². The Morgan fingerprint density at radius 2 is 2.06 bits per heavy atom. The molecule has 0 bridgehead atoms. The fourth-order valence-electron chi connectivity index (χ4n) is 1.71. The summed E-state index contributed by atoms with van der Waals surface area (Å²) >= 11 is 0. The molecule has 0 amide bonds. The third kappa shape index (κ3) is 3.03. The van der Waals surface area contributed by atoms with Crippen LogP contribution in [0.5, 0.6) is 5.75 Å². The lowest BCUT2D eigenvalue weighted by Crippen LogP contribution is -2.07. The van der Waals surface area contributed by atoms with Crippen LogP contribution in [0, 0.1) is 0 Å². The molecule has 0 radical (unpaired) electrons. The number of imidazole rings is 1. The molecule has 1 heterocycles. The number of fused-ring (bicyclic) bond motifs is 1. The minimum atomic E-state index is 0. The molecule has 4 nitrogen and oxygen atoms in total. The molecule has 96 valence electrons. The Morgan fingerprint density at radius 1 is 1.35 bits per heavy atom. The van der Waals surface area contributed by atoms with Crippen LogP contribution in [0.2, 0.25) is 0 Å². The normalized spacial score (nSPS) is 9.59. The zero-order chi connectivity index (χ0) is 10.8. The summed E-state index contributed by atoms with van der Waals surface area (Å²) < 4.78 is 7.23. The van der Waals surface area contributed by atoms with Crippen molar-refractivity contribution in [2.75, 3.05) is 13.7 Å². The van der Waals surface area contributed by atoms with E-state index >= 15 is 0 Å². The van der Waals surface area contributed by atoms with Gasteiger partial charge in [0.1, 0.15) is 11.6 Å². The van der Waals surface area contributed by atoms with Gasteiger partial charge < -0.3 is 15.0 Å². The van der Waals surface area contributed by atoms with Crippen molar-refractivity contribution in [2.24, 2.45) is 12.8 Å². The van der Waals surface area contributed by atoms with Gasteiger partial charge in [0.2, 0.25) is 0 Å². The van der Waals surface area contributed by atoms with Crippen LogP contribution in [0.4, 0.5) is 0 Å². The average molecular weight is 278 g/mol. The quantitative estimate of drug-likeness (QED) is 0.933. The van der Waals surface area contributed by atoms with E-state index in [9.17, 15) is 0 Å². The Bertz CT molecular complexity index is 485. The highest BCUT2D eigenvalue weighted by molar-refractivity contribution is 5.85. The van der Waals surface area contributed by atoms with Crippen molar-refractivity contribution in [3.63, 3.8) is 0 Å². The monoisotopic (exact) mass is 277 g/mol. The van der Waals surface area contributed by atoms with Crippen LogP contribution in [0.1, 0.15) is 5.82 Å². The fraction of sp³-hybridized carbons (Fsp3) is 0.364. The van der Waals surface area contributed by atoms with Crippen LogP contribution < -0.4 is 10.5 Å². The second-order valence-corrected chi connectivity index (χ2v) is 3.48. The summed E-state index contributed by atoms with van der Waals surface area (Å²) in [6.45, 7) is 0.619. The first-order valence-electron chi connectivity index (χ1n) is 4.95. The second-order valence-electron chi connectivity index (χ2n) is 3.48. The summed E-state index contributed by atoms with van der Waals surface area (Å²) in [6.07, 6.45) is 0.799. The number of halogens is 2. The van der Waals surface area contributed by atoms with Gasteiger partial charge >= 0.3 is 0 Å². The second kappa shape index (κ2) is 6.69. The molecule has 2 rings (SSSR count). The molecule has 0 atom stereocenters. The maximum Gasteiger partial charge on any atom is 0.121 e. The lowest BCUT2D eigenvalue weighted by molar-refractivity contribution is 0.415. The van der Waals surface area contributed by atoms with E-state index in [4.69, 9.17) is 10.5 Å². The van der Waals surface area contributed by atoms with Gasteiger partial charge in [0.15, 0.2) is 0 Å². The molecule has 6 heteroatoms. The number of hydrogen-bond acceptors (Lipinski definition) is 3. The molecule has 0 spiro atoms. The first-order valence-corrected chi connectivity index (χ1v) is 4.95. The van der Waals surface area contributed by atoms with Crippen LogP contribution in [-0.4, -0.2) is 23.2 Å². The average Bonchev–Trinajstić information content (AvgIpc) is 2.56. The van der Waals surface area contributed by atoms with Gasteiger partial charge in [-0.15, -0.1) is 24.8 Å². The third-order valence-electron chi connectivity index (χ3n) is 2.55. The van der Waals surface area contributed by atoms with Crippen molar-refractivity contribution in [3.05, 3.63) is 24.0 Å². The first-order chi connectivity index (χ1) is 7.26. The van der Waals surface area contributed by atoms with Crippen LogP contribution in [0.15, 0.2) is 18.2 Å². The number of methoxy groups -OCH3 is 1. The summed E-state index contributed by atoms with van der Waals surface area (Å²) in [7, 11) is 3.66. The zero-order valence-electron chi connectivity index (χ0n) is 9.84. The van der Waals surface area contributed by atoms with Gasteiger partial charge in [-0.2, -0.15) is 0 Å². The fourth-order valence-corrected chi connectivity index (χ4v) is 1.71. The van der Waals surface area contributed by atoms with Crippen molar-refractivity contribution in [2.45, 2.75) is 6.42 Å². The van der Waals surface area contributed by atoms with Gasteiger partial charge in [-0.25, -0.2) is 4.98 Å². The molecule has 1 aromatic carbocycles. The molecule has 1 aromatic heterocycles. The van der Waals surface area contributed by atoms with Crippen LogP contribution in [0.25, 0.3) is 11.0 Å². The van der Waals surface area contributed by atoms with E-state index in [0.29, 0.717) is 6.54 Å². The predicted octanol–water partition coefficient (Wildman–Crippen LogP) is 1.93. The number of nitrogens with two attached hydrogens (primary N) is 1. The lowest BCUT2D eigenvalue weighted by atomic mass is 10.3. The van der Waals surface area contributed by atoms with E-state index in [1.165, 1.54) is 0 Å². The summed E-state index contributed by atoms with van der Waals surface area (Å²) in [5, 5.41) is 0. The Kier molecular flexibility index (Phi) is 6.31. The van der Waals surface area contributed by atoms with E-state index in [-0.39, 0.29) is 24.8 Å². The predicted molar refractivity (Wildman–Crippen MR) is 74.5 cm³/mol. The van der Waals surface area contributed by atoms with E-state index in [0.717, 1.165) is 29.0 Å². The topological polar surface area (TPSA) is 53.1 Å². The largest absolute Gasteiger partial charge is 0.497 e. The van der Waals surface area contributed by atoms with Gasteiger partial charge in [0, 0.05) is 19.5 Å². The number of hydrogen-bond donors (Lipinski definition) is 1. The molecule has 17 heavy (non-hydrogen) atoms. The maximum absolute atomic E-state index is 5.53. The Morgan fingerprint density at radius 3 is 2.65 bits per heavy atom. The molecule has 0 saturated carbocycles. The molecule has 0 saturated heterocycles. The van der Waals surface area contributed by atoms with E-state index in [1.54, 1.807) is 7.11 Å². The molecule has 2 N–H and O–H groups in total. The summed E-state index contributed by atoms with van der Waals surface area (Å²) in [6, 6.07) is 5.90. The highest BCUT2D eigenvalue weighted by Gasteiger charge is 2.07. The van der Waals surface area contributed by atoms with Crippen LogP contribution in [0.3, 0.4) is 0 Å². The smallest absolute Gasteiger partial charge is 0.121 e. The summed E-state index contributed by atoms with van der Waals surface area (Å²) in [5.74, 6) is 1.85. The molecule has 2 aromatic rings. The van der Waals surface area contributed by atoms with E-state index < -0.39 is 0 Å². The third-order valence-corrected chi connectivity index (χ3v) is 2.55. The van der Waals surface area contributed by atoms with Gasteiger partial charge in [-0.3, -0.25) is 0 Å². The van der Waals surface area contributed by atoms with Crippen LogP contribution >= 0.6 is 24.8 Å². The standard InChI is InChI=1S/C11H15N3O.2ClH/c1-14-10-4-3-8(15-2)7-9(10)13-11(14)5-6-12;;/h3-4,7H,5-6,12H2,1-2H3;2*1H. The minimum Gasteiger partial charge on any atom is -0.497 e. The molecular weight excluding hydrogens is 261 g/mol. The highest BCUT2D eigenvalue weighted by atomic mass is 35.5. The number of ether oxygens (including phenoxy) is 1. The number of nitrogens with zero attached hydrogens (tertiary/aromatic N) is 2. The van der Waals surface area contributed by atoms with E-state index in [2.05, 4.69) is 9.55 Å². The van der Waals surface area contributed by atoms with Crippen molar-refractivity contribution in [1.82, 2.24) is 9.55 Å². The number of aryl methyl sites for hydroxylation is 1. The molecule has 0 aliphatic rings. The number of rotatable bonds is 3. The van der Waals surface area contributed by atoms with E-state index in [1.807, 2.05) is 25.2 Å². The molecule has 0 unspecified atom stereocenters. The molecule has 0 fully saturated rings. The van der Waals surface area contributed by atoms with Crippen LogP contribution in [-0.2, 0) is 13.5 Å². The molecular formula is C11H17Cl2N3O. The summed E-state index contributed by atoms with van der Waals surface area (Å²) in [5.41, 5.74) is 7.60. The molecule has 0 aliphatic carbocycles. The number of aromatic nitrogens is 2. The molecule has 0 aliphatic heterocycles. The first kappa shape index (κ1) is 16.0.